The zero-order valence-corrected chi connectivity index (χ0v) is 5.10. The van der Waals surface area contributed by atoms with Gasteiger partial charge in [-0.25, -0.2) is 0 Å². The Hall–Kier alpha value is -0.460. The molecule has 0 aliphatic rings. The van der Waals surface area contributed by atoms with E-state index in [0.717, 1.165) is 0 Å². The zero-order chi connectivity index (χ0) is 5.86. The van der Waals surface area contributed by atoms with E-state index in [4.69, 9.17) is 5.11 Å². The van der Waals surface area contributed by atoms with Crippen molar-refractivity contribution in [1.29, 1.82) is 0 Å². The van der Waals surface area contributed by atoms with E-state index >= 15 is 0 Å². The molecule has 0 aromatic heterocycles. The number of allylic oxidation sites excluding steroid dienone is 2. The molecular weight excluding hydrogens is 88.1 g/mol. The lowest BCUT2D eigenvalue weighted by atomic mass is 10.2. The number of rotatable bonds is 1. The highest BCUT2D eigenvalue weighted by atomic mass is 16.3. The first kappa shape index (κ1) is 6.54. The smallest absolute Gasteiger partial charge is 0.0905 e. The van der Waals surface area contributed by atoms with Gasteiger partial charge in [0.15, 0.2) is 0 Å². The van der Waals surface area contributed by atoms with E-state index in [1.165, 1.54) is 0 Å². The summed E-state index contributed by atoms with van der Waals surface area (Å²) in [4.78, 5) is 0. The van der Waals surface area contributed by atoms with Crippen LogP contribution in [-0.2, 0) is 0 Å². The maximum Gasteiger partial charge on any atom is 0.0905 e. The largest absolute Gasteiger partial charge is 0.512 e. The van der Waals surface area contributed by atoms with Crippen LogP contribution in [0.2, 0.25) is 0 Å². The first-order chi connectivity index (χ1) is 3.18. The molecule has 0 bridgehead atoms. The summed E-state index contributed by atoms with van der Waals surface area (Å²) in [6.07, 6.45) is 1.71. The van der Waals surface area contributed by atoms with Gasteiger partial charge in [-0.3, -0.25) is 0 Å². The van der Waals surface area contributed by atoms with Crippen LogP contribution in [0.4, 0.5) is 0 Å². The molecule has 42 valence electrons. The molecule has 0 aliphatic heterocycles. The maximum absolute atomic E-state index is 8.80. The van der Waals surface area contributed by atoms with Crippen LogP contribution in [0.5, 0.6) is 0 Å². The van der Waals surface area contributed by atoms with Crippen LogP contribution >= 0.6 is 0 Å². The van der Waals surface area contributed by atoms with Crippen molar-refractivity contribution in [3.63, 3.8) is 0 Å². The van der Waals surface area contributed by atoms with Crippen LogP contribution in [0.15, 0.2) is 11.8 Å². The molecule has 0 saturated carbocycles. The fraction of sp³-hybridized carbons (Fsp3) is 0.667. The van der Waals surface area contributed by atoms with Gasteiger partial charge < -0.3 is 5.11 Å². The van der Waals surface area contributed by atoms with Gasteiger partial charge in [0.05, 0.1) is 5.76 Å². The monoisotopic (exact) mass is 100 g/mol. The van der Waals surface area contributed by atoms with Gasteiger partial charge in [0.1, 0.15) is 0 Å². The predicted octanol–water partition coefficient (Wildman–Crippen LogP) is 2.10. The number of hydrogen-bond donors (Lipinski definition) is 1. The van der Waals surface area contributed by atoms with Gasteiger partial charge in [-0.05, 0) is 13.0 Å². The number of hydrogen-bond acceptors (Lipinski definition) is 1. The average molecular weight is 100 g/mol. The van der Waals surface area contributed by atoms with Crippen molar-refractivity contribution >= 4 is 0 Å². The van der Waals surface area contributed by atoms with Crippen molar-refractivity contribution in [3.05, 3.63) is 11.8 Å². The summed E-state index contributed by atoms with van der Waals surface area (Å²) in [6, 6.07) is 0. The second kappa shape index (κ2) is 2.67. The summed E-state index contributed by atoms with van der Waals surface area (Å²) in [5.41, 5.74) is 0. The van der Waals surface area contributed by atoms with Gasteiger partial charge in [0, 0.05) is 5.92 Å². The van der Waals surface area contributed by atoms with Crippen molar-refractivity contribution < 1.29 is 5.11 Å². The molecule has 0 amide bonds. The molecule has 1 nitrogen and oxygen atoms in total. The summed E-state index contributed by atoms with van der Waals surface area (Å²) in [5, 5.41) is 8.80. The van der Waals surface area contributed by atoms with Crippen LogP contribution in [0, 0.1) is 5.92 Å². The molecule has 0 atom stereocenters. The third-order valence-corrected chi connectivity index (χ3v) is 0.887. The van der Waals surface area contributed by atoms with E-state index in [9.17, 15) is 0 Å². The van der Waals surface area contributed by atoms with Gasteiger partial charge in [-0.2, -0.15) is 0 Å². The SMILES string of the molecule is C/C=C(/O)C(C)C. The van der Waals surface area contributed by atoms with Crippen LogP contribution in [0.3, 0.4) is 0 Å². The molecule has 0 saturated heterocycles. The summed E-state index contributed by atoms with van der Waals surface area (Å²) >= 11 is 0. The molecule has 1 N–H and O–H groups in total. The van der Waals surface area contributed by atoms with Crippen LogP contribution < -0.4 is 0 Å². The quantitative estimate of drug-likeness (QED) is 0.500. The van der Waals surface area contributed by atoms with Gasteiger partial charge >= 0.3 is 0 Å². The van der Waals surface area contributed by atoms with Gasteiger partial charge in [-0.15, -0.1) is 0 Å². The Morgan fingerprint density at radius 2 is 2.00 bits per heavy atom. The molecular formula is C6H12O. The fourth-order valence-electron chi connectivity index (χ4n) is 0.333. The lowest BCUT2D eigenvalue weighted by molar-refractivity contribution is 0.351. The van der Waals surface area contributed by atoms with Crippen molar-refractivity contribution in [2.75, 3.05) is 0 Å². The Kier molecular flexibility index (Phi) is 2.49. The van der Waals surface area contributed by atoms with Gasteiger partial charge in [-0.1, -0.05) is 13.8 Å². The van der Waals surface area contributed by atoms with Gasteiger partial charge in [0.2, 0.25) is 0 Å². The third-order valence-electron chi connectivity index (χ3n) is 0.887. The number of aliphatic hydroxyl groups excluding tert-OH is 1. The second-order valence-electron chi connectivity index (χ2n) is 1.87. The predicted molar refractivity (Wildman–Crippen MR) is 31.2 cm³/mol. The number of aliphatic hydroxyl groups is 1. The minimum absolute atomic E-state index is 0.282. The molecule has 0 heterocycles. The lowest BCUT2D eigenvalue weighted by Gasteiger charge is -1.98. The minimum Gasteiger partial charge on any atom is -0.512 e. The van der Waals surface area contributed by atoms with E-state index in [2.05, 4.69) is 0 Å². The van der Waals surface area contributed by atoms with Crippen molar-refractivity contribution in [2.45, 2.75) is 20.8 Å². The van der Waals surface area contributed by atoms with E-state index in [1.807, 2.05) is 20.8 Å². The summed E-state index contributed by atoms with van der Waals surface area (Å²) in [6.45, 7) is 5.74. The van der Waals surface area contributed by atoms with Crippen molar-refractivity contribution in [1.82, 2.24) is 0 Å². The molecule has 0 radical (unpaired) electrons. The molecule has 0 aromatic carbocycles. The standard InChI is InChI=1S/C6H12O/c1-4-6(7)5(2)3/h4-5,7H,1-3H3/b6-4+. The highest BCUT2D eigenvalue weighted by Crippen LogP contribution is 2.02. The first-order valence-corrected chi connectivity index (χ1v) is 2.53. The fourth-order valence-corrected chi connectivity index (χ4v) is 0.333. The topological polar surface area (TPSA) is 20.2 Å². The highest BCUT2D eigenvalue weighted by molar-refractivity contribution is 4.90. The molecule has 0 fully saturated rings. The lowest BCUT2D eigenvalue weighted by Crippen LogP contribution is -1.89. The van der Waals surface area contributed by atoms with E-state index in [1.54, 1.807) is 6.08 Å². The Morgan fingerprint density at radius 3 is 2.00 bits per heavy atom. The normalized spacial score (nSPS) is 12.9. The van der Waals surface area contributed by atoms with Crippen LogP contribution in [-0.4, -0.2) is 5.11 Å². The molecule has 0 spiro atoms. The molecule has 0 aromatic rings. The zero-order valence-electron chi connectivity index (χ0n) is 5.10. The third kappa shape index (κ3) is 2.26. The van der Waals surface area contributed by atoms with Crippen LogP contribution in [0.25, 0.3) is 0 Å². The molecule has 0 rings (SSSR count). The minimum atomic E-state index is 0.282. The molecule has 0 aliphatic carbocycles. The van der Waals surface area contributed by atoms with E-state index < -0.39 is 0 Å². The summed E-state index contributed by atoms with van der Waals surface area (Å²) in [5.74, 6) is 0.755. The van der Waals surface area contributed by atoms with Crippen LogP contribution in [0.1, 0.15) is 20.8 Å². The van der Waals surface area contributed by atoms with E-state index in [-0.39, 0.29) is 5.92 Å². The summed E-state index contributed by atoms with van der Waals surface area (Å²) < 4.78 is 0. The second-order valence-corrected chi connectivity index (χ2v) is 1.87. The molecule has 0 unspecified atom stereocenters. The molecule has 1 heteroatoms. The summed E-state index contributed by atoms with van der Waals surface area (Å²) in [7, 11) is 0. The maximum atomic E-state index is 8.80. The Labute approximate surface area is 44.7 Å². The average Bonchev–Trinajstić information content (AvgIpc) is 1.65. The Bertz CT molecular complexity index is 72.2. The first-order valence-electron chi connectivity index (χ1n) is 2.53. The van der Waals surface area contributed by atoms with E-state index in [0.29, 0.717) is 5.76 Å². The highest BCUT2D eigenvalue weighted by Gasteiger charge is 1.93. The Morgan fingerprint density at radius 1 is 1.57 bits per heavy atom. The molecule has 7 heavy (non-hydrogen) atoms. The van der Waals surface area contributed by atoms with Gasteiger partial charge in [0.25, 0.3) is 0 Å². The van der Waals surface area contributed by atoms with Crippen molar-refractivity contribution in [3.8, 4) is 0 Å². The Balaban J connectivity index is 3.56. The van der Waals surface area contributed by atoms with Crippen molar-refractivity contribution in [2.24, 2.45) is 5.92 Å².